The highest BCUT2D eigenvalue weighted by atomic mass is 32.2. The molecule has 0 aliphatic rings. The topological polar surface area (TPSA) is 134 Å². The van der Waals surface area contributed by atoms with E-state index in [0.717, 1.165) is 18.4 Å². The Morgan fingerprint density at radius 3 is 2.21 bits per heavy atom. The maximum absolute atomic E-state index is 13.1. The third-order valence-electron chi connectivity index (χ3n) is 4.10. The number of allylic oxidation sites excluding steroid dienone is 3. The molecule has 0 aliphatic heterocycles. The van der Waals surface area contributed by atoms with Crippen molar-refractivity contribution in [3.63, 3.8) is 0 Å². The van der Waals surface area contributed by atoms with E-state index in [1.807, 2.05) is 6.92 Å². The van der Waals surface area contributed by atoms with Gasteiger partial charge in [-0.2, -0.15) is 0 Å². The number of carbonyl (C=O) groups excluding carboxylic acids is 1. The summed E-state index contributed by atoms with van der Waals surface area (Å²) in [7, 11) is -4.36. The van der Waals surface area contributed by atoms with E-state index in [1.54, 1.807) is 26.8 Å². The third-order valence-corrected chi connectivity index (χ3v) is 6.66. The molecule has 164 valence electrons. The minimum Gasteiger partial charge on any atom is -0.480 e. The van der Waals surface area contributed by atoms with E-state index in [0.29, 0.717) is 12.0 Å². The normalized spacial score (nSPS) is 15.2. The Morgan fingerprint density at radius 2 is 1.83 bits per heavy atom. The maximum Gasteiger partial charge on any atom is 0.407 e. The lowest BCUT2D eigenvalue weighted by Crippen LogP contribution is -2.47. The zero-order valence-corrected chi connectivity index (χ0v) is 18.6. The molecule has 8 nitrogen and oxygen atoms in total. The summed E-state index contributed by atoms with van der Waals surface area (Å²) in [5.41, 5.74) is -0.253. The van der Waals surface area contributed by atoms with Crippen LogP contribution in [0.2, 0.25) is 0 Å². The van der Waals surface area contributed by atoms with Gasteiger partial charge in [0.05, 0.1) is 4.91 Å². The minimum absolute atomic E-state index is 0.0506. The molecule has 1 atom stereocenters. The van der Waals surface area contributed by atoms with Crippen molar-refractivity contribution >= 4 is 28.1 Å². The lowest BCUT2D eigenvalue weighted by atomic mass is 9.95. The largest absolute Gasteiger partial charge is 0.480 e. The van der Waals surface area contributed by atoms with Crippen molar-refractivity contribution in [2.45, 2.75) is 64.2 Å². The number of sulfone groups is 1. The molecule has 0 fully saturated rings. The molecule has 0 rings (SSSR count). The van der Waals surface area contributed by atoms with Crippen LogP contribution >= 0.6 is 0 Å². The fourth-order valence-corrected chi connectivity index (χ4v) is 4.59. The van der Waals surface area contributed by atoms with Crippen molar-refractivity contribution in [1.29, 1.82) is 5.41 Å². The first-order valence-corrected chi connectivity index (χ1v) is 10.8. The van der Waals surface area contributed by atoms with Gasteiger partial charge in [-0.25, -0.2) is 13.2 Å². The summed E-state index contributed by atoms with van der Waals surface area (Å²) in [6, 6.07) is 0. The molecular formula is C20H32N2O6S. The summed E-state index contributed by atoms with van der Waals surface area (Å²) < 4.78 is 29.3. The summed E-state index contributed by atoms with van der Waals surface area (Å²) in [6.07, 6.45) is 3.78. The van der Waals surface area contributed by atoms with Gasteiger partial charge < -0.3 is 20.6 Å². The van der Waals surface area contributed by atoms with Crippen LogP contribution < -0.4 is 5.32 Å². The summed E-state index contributed by atoms with van der Waals surface area (Å²) in [5.74, 6) is -1.50. The molecule has 0 aromatic rings. The Labute approximate surface area is 173 Å². The Hall–Kier alpha value is -2.42. The molecule has 0 radical (unpaired) electrons. The first-order chi connectivity index (χ1) is 13.3. The number of rotatable bonds is 11. The molecule has 0 heterocycles. The van der Waals surface area contributed by atoms with E-state index in [2.05, 4.69) is 11.9 Å². The molecule has 0 spiro atoms. The number of amides is 1. The first kappa shape index (κ1) is 26.6. The van der Waals surface area contributed by atoms with Crippen LogP contribution in [0.3, 0.4) is 0 Å². The van der Waals surface area contributed by atoms with Gasteiger partial charge in [-0.05, 0) is 39.7 Å². The van der Waals surface area contributed by atoms with E-state index in [9.17, 15) is 23.1 Å². The summed E-state index contributed by atoms with van der Waals surface area (Å²) in [6.45, 7) is 11.8. The predicted molar refractivity (Wildman–Crippen MR) is 114 cm³/mol. The van der Waals surface area contributed by atoms with Crippen LogP contribution in [-0.4, -0.2) is 48.7 Å². The quantitative estimate of drug-likeness (QED) is 0.261. The summed E-state index contributed by atoms with van der Waals surface area (Å²) in [4.78, 5) is 23.7. The van der Waals surface area contributed by atoms with Crippen molar-refractivity contribution in [3.05, 3.63) is 35.3 Å². The fourth-order valence-electron chi connectivity index (χ4n) is 2.69. The van der Waals surface area contributed by atoms with Crippen LogP contribution in [0.1, 0.15) is 53.9 Å². The molecule has 0 saturated carbocycles. The number of carboxylic acids is 1. The molecule has 1 unspecified atom stereocenters. The van der Waals surface area contributed by atoms with Crippen LogP contribution in [0.5, 0.6) is 0 Å². The Morgan fingerprint density at radius 1 is 1.24 bits per heavy atom. The molecule has 0 aromatic carbocycles. The molecule has 3 N–H and O–H groups in total. The molecule has 0 aromatic heterocycles. The molecule has 1 amide bonds. The van der Waals surface area contributed by atoms with Gasteiger partial charge in [-0.15, -0.1) is 0 Å². The minimum atomic E-state index is -4.36. The molecule has 0 saturated heterocycles. The average Bonchev–Trinajstić information content (AvgIpc) is 2.59. The van der Waals surface area contributed by atoms with Crippen molar-refractivity contribution in [3.8, 4) is 0 Å². The van der Waals surface area contributed by atoms with Crippen molar-refractivity contribution in [2.75, 3.05) is 6.54 Å². The third kappa shape index (κ3) is 7.16. The highest BCUT2D eigenvalue weighted by Gasteiger charge is 2.51. The molecule has 29 heavy (non-hydrogen) atoms. The number of ether oxygens (including phenoxy) is 1. The van der Waals surface area contributed by atoms with Gasteiger partial charge >= 0.3 is 12.1 Å². The van der Waals surface area contributed by atoms with Gasteiger partial charge in [0.25, 0.3) is 0 Å². The monoisotopic (exact) mass is 428 g/mol. The number of carbonyl (C=O) groups is 2. The smallest absolute Gasteiger partial charge is 0.407 e. The van der Waals surface area contributed by atoms with Gasteiger partial charge in [-0.1, -0.05) is 38.2 Å². The van der Waals surface area contributed by atoms with Crippen LogP contribution in [-0.2, 0) is 19.4 Å². The van der Waals surface area contributed by atoms with E-state index >= 15 is 0 Å². The second-order valence-corrected chi connectivity index (χ2v) is 9.66. The van der Waals surface area contributed by atoms with Crippen molar-refractivity contribution < 1.29 is 27.9 Å². The lowest BCUT2D eigenvalue weighted by Gasteiger charge is -2.30. The van der Waals surface area contributed by atoms with Gasteiger partial charge in [0.2, 0.25) is 0 Å². The molecular weight excluding hydrogens is 396 g/mol. The van der Waals surface area contributed by atoms with E-state index in [4.69, 9.17) is 10.1 Å². The van der Waals surface area contributed by atoms with Crippen molar-refractivity contribution in [2.24, 2.45) is 0 Å². The van der Waals surface area contributed by atoms with E-state index in [1.165, 1.54) is 6.92 Å². The zero-order chi connectivity index (χ0) is 22.9. The van der Waals surface area contributed by atoms with Crippen molar-refractivity contribution in [1.82, 2.24) is 5.32 Å². The molecule has 0 aliphatic carbocycles. The first-order valence-electron chi connectivity index (χ1n) is 9.27. The van der Waals surface area contributed by atoms with Gasteiger partial charge in [0.1, 0.15) is 5.60 Å². The number of alkyl carbamates (subject to hydrolysis) is 1. The van der Waals surface area contributed by atoms with Gasteiger partial charge in [0.15, 0.2) is 14.6 Å². The number of hydrogen-bond donors (Lipinski definition) is 3. The standard InChI is InChI=1S/C20H32N2O6S/c1-7-10-15(14-22-18(25)28-19(4,5)6)13-20(9-3,17(23)24)29(26,27)16(8-2)11-12-21/h8,10-12,21H,2,7,9,13-14H2,1,3-6H3,(H,22,25)(H,23,24)/b15-10-,16-11+,21-12?. The summed E-state index contributed by atoms with van der Waals surface area (Å²) in [5, 5.41) is 19.6. The zero-order valence-electron chi connectivity index (χ0n) is 17.7. The maximum atomic E-state index is 13.1. The number of aliphatic carboxylic acids is 1. The predicted octanol–water partition coefficient (Wildman–Crippen LogP) is 3.61. The van der Waals surface area contributed by atoms with Crippen LogP contribution in [0.4, 0.5) is 4.79 Å². The second kappa shape index (κ2) is 10.9. The van der Waals surface area contributed by atoms with Gasteiger partial charge in [0, 0.05) is 19.2 Å². The molecule has 0 bridgehead atoms. The highest BCUT2D eigenvalue weighted by molar-refractivity contribution is 7.97. The Kier molecular flexibility index (Phi) is 10.0. The average molecular weight is 429 g/mol. The Balaban J connectivity index is 6.00. The number of nitrogens with one attached hydrogen (secondary N) is 2. The van der Waals surface area contributed by atoms with E-state index in [-0.39, 0.29) is 24.3 Å². The summed E-state index contributed by atoms with van der Waals surface area (Å²) >= 11 is 0. The van der Waals surface area contributed by atoms with Crippen LogP contribution in [0, 0.1) is 5.41 Å². The highest BCUT2D eigenvalue weighted by Crippen LogP contribution is 2.35. The number of hydrogen-bond acceptors (Lipinski definition) is 6. The van der Waals surface area contributed by atoms with E-state index < -0.39 is 32.2 Å². The van der Waals surface area contributed by atoms with Crippen LogP contribution in [0.15, 0.2) is 35.3 Å². The lowest BCUT2D eigenvalue weighted by molar-refractivity contribution is -0.140. The van der Waals surface area contributed by atoms with Gasteiger partial charge in [-0.3, -0.25) is 4.79 Å². The second-order valence-electron chi connectivity index (χ2n) is 7.40. The Bertz CT molecular complexity index is 790. The molecule has 9 heteroatoms. The SMILES string of the molecule is C=C/C(=C\C=N)S(=O)(=O)C(CC)(C/C(=C/CC)CNC(=O)OC(C)(C)C)C(=O)O. The van der Waals surface area contributed by atoms with Crippen LogP contribution in [0.25, 0.3) is 0 Å². The fraction of sp³-hybridized carbons (Fsp3) is 0.550. The number of carboxylic acid groups (broad SMARTS) is 1.